The Bertz CT molecular complexity index is 203. The Hall–Kier alpha value is -0.730. The van der Waals surface area contributed by atoms with Gasteiger partial charge in [0, 0.05) is 20.1 Å². The van der Waals surface area contributed by atoms with Crippen LogP contribution in [0.3, 0.4) is 0 Å². The summed E-state index contributed by atoms with van der Waals surface area (Å²) in [6.07, 6.45) is 3.86. The lowest BCUT2D eigenvalue weighted by atomic mass is 10.2. The quantitative estimate of drug-likeness (QED) is 0.623. The van der Waals surface area contributed by atoms with Gasteiger partial charge in [-0.2, -0.15) is 0 Å². The summed E-state index contributed by atoms with van der Waals surface area (Å²) in [5.41, 5.74) is 0. The van der Waals surface area contributed by atoms with Crippen LogP contribution < -0.4 is 5.32 Å². The largest absolute Gasteiger partial charge is 0.335 e. The highest BCUT2D eigenvalue weighted by Gasteiger charge is 2.48. The maximum Gasteiger partial charge on any atom is 0.317 e. The smallest absolute Gasteiger partial charge is 0.317 e. The molecule has 0 heterocycles. The van der Waals surface area contributed by atoms with Gasteiger partial charge in [-0.05, 0) is 31.1 Å². The first kappa shape index (κ1) is 7.90. The zero-order chi connectivity index (χ0) is 8.72. The number of rotatable bonds is 1. The molecular formula is C9H16N2O. The summed E-state index contributed by atoms with van der Waals surface area (Å²) in [6, 6.07) is 0.539. The molecule has 3 unspecified atom stereocenters. The maximum atomic E-state index is 11.3. The van der Waals surface area contributed by atoms with Gasteiger partial charge in [0.2, 0.25) is 0 Å². The van der Waals surface area contributed by atoms with E-state index in [-0.39, 0.29) is 6.03 Å². The normalized spacial score (nSPS) is 37.3. The van der Waals surface area contributed by atoms with E-state index in [0.717, 1.165) is 11.8 Å². The second kappa shape index (κ2) is 2.64. The fourth-order valence-electron chi connectivity index (χ4n) is 2.17. The van der Waals surface area contributed by atoms with E-state index in [2.05, 4.69) is 5.32 Å². The van der Waals surface area contributed by atoms with Gasteiger partial charge in [-0.1, -0.05) is 0 Å². The van der Waals surface area contributed by atoms with Crippen molar-refractivity contribution in [1.29, 1.82) is 0 Å². The molecule has 68 valence electrons. The van der Waals surface area contributed by atoms with Crippen molar-refractivity contribution in [2.75, 3.05) is 14.1 Å². The van der Waals surface area contributed by atoms with Crippen molar-refractivity contribution in [2.24, 2.45) is 11.8 Å². The number of nitrogens with one attached hydrogen (secondary N) is 1. The van der Waals surface area contributed by atoms with E-state index in [0.29, 0.717) is 6.04 Å². The lowest BCUT2D eigenvalue weighted by Crippen LogP contribution is -2.41. The summed E-state index contributed by atoms with van der Waals surface area (Å²) in [5.74, 6) is 1.76. The maximum absolute atomic E-state index is 11.3. The predicted octanol–water partition coefficient (Wildman–Crippen LogP) is 1.06. The summed E-state index contributed by atoms with van der Waals surface area (Å²) >= 11 is 0. The molecule has 2 aliphatic rings. The molecule has 0 radical (unpaired) electrons. The van der Waals surface area contributed by atoms with Crippen LogP contribution >= 0.6 is 0 Å². The molecule has 2 fully saturated rings. The van der Waals surface area contributed by atoms with Crippen molar-refractivity contribution in [3.63, 3.8) is 0 Å². The second-order valence-electron chi connectivity index (χ2n) is 4.19. The number of amides is 2. The number of hydrogen-bond donors (Lipinski definition) is 1. The average molecular weight is 168 g/mol. The Balaban J connectivity index is 1.83. The van der Waals surface area contributed by atoms with E-state index in [1.807, 2.05) is 0 Å². The lowest BCUT2D eigenvalue weighted by Gasteiger charge is -2.18. The summed E-state index contributed by atoms with van der Waals surface area (Å²) in [4.78, 5) is 12.9. The van der Waals surface area contributed by atoms with E-state index in [9.17, 15) is 4.79 Å². The van der Waals surface area contributed by atoms with Gasteiger partial charge in [-0.3, -0.25) is 0 Å². The van der Waals surface area contributed by atoms with Gasteiger partial charge in [-0.15, -0.1) is 0 Å². The van der Waals surface area contributed by atoms with Crippen LogP contribution in [0.4, 0.5) is 4.79 Å². The summed E-state index contributed by atoms with van der Waals surface area (Å²) < 4.78 is 0. The second-order valence-corrected chi connectivity index (χ2v) is 4.19. The summed E-state index contributed by atoms with van der Waals surface area (Å²) in [5, 5.41) is 3.06. The third kappa shape index (κ3) is 1.28. The monoisotopic (exact) mass is 168 g/mol. The molecule has 3 nitrogen and oxygen atoms in total. The molecule has 2 aliphatic carbocycles. The van der Waals surface area contributed by atoms with Crippen LogP contribution in [0.2, 0.25) is 0 Å². The molecule has 0 aromatic heterocycles. The third-order valence-corrected chi connectivity index (χ3v) is 3.06. The predicted molar refractivity (Wildman–Crippen MR) is 46.8 cm³/mol. The minimum absolute atomic E-state index is 0.0625. The van der Waals surface area contributed by atoms with Crippen molar-refractivity contribution in [1.82, 2.24) is 10.2 Å². The topological polar surface area (TPSA) is 32.3 Å². The first-order valence-electron chi connectivity index (χ1n) is 4.66. The average Bonchev–Trinajstić information content (AvgIpc) is 2.70. The van der Waals surface area contributed by atoms with Gasteiger partial charge in [0.05, 0.1) is 0 Å². The Morgan fingerprint density at radius 1 is 1.42 bits per heavy atom. The van der Waals surface area contributed by atoms with E-state index in [1.54, 1.807) is 19.0 Å². The first-order valence-corrected chi connectivity index (χ1v) is 4.66. The van der Waals surface area contributed by atoms with Crippen LogP contribution in [-0.4, -0.2) is 31.1 Å². The molecule has 0 aromatic carbocycles. The van der Waals surface area contributed by atoms with Gasteiger partial charge in [0.25, 0.3) is 0 Å². The number of urea groups is 1. The number of carbonyl (C=O) groups excluding carboxylic acids is 1. The van der Waals surface area contributed by atoms with E-state index < -0.39 is 0 Å². The van der Waals surface area contributed by atoms with Crippen LogP contribution in [0.1, 0.15) is 19.3 Å². The Morgan fingerprint density at radius 2 is 2.17 bits per heavy atom. The van der Waals surface area contributed by atoms with E-state index in [4.69, 9.17) is 0 Å². The molecule has 12 heavy (non-hydrogen) atoms. The molecule has 1 N–H and O–H groups in total. The van der Waals surface area contributed by atoms with Gasteiger partial charge in [-0.25, -0.2) is 4.79 Å². The van der Waals surface area contributed by atoms with Gasteiger partial charge in [0.1, 0.15) is 0 Å². The Labute approximate surface area is 73.1 Å². The molecule has 2 amide bonds. The fourth-order valence-corrected chi connectivity index (χ4v) is 2.17. The number of hydrogen-bond acceptors (Lipinski definition) is 1. The summed E-state index contributed by atoms with van der Waals surface area (Å²) in [6.45, 7) is 0. The molecule has 0 spiro atoms. The van der Waals surface area contributed by atoms with E-state index in [1.165, 1.54) is 19.3 Å². The molecule has 0 aromatic rings. The van der Waals surface area contributed by atoms with Crippen LogP contribution in [0.15, 0.2) is 0 Å². The van der Waals surface area contributed by atoms with Crippen LogP contribution in [0, 0.1) is 11.8 Å². The van der Waals surface area contributed by atoms with Gasteiger partial charge >= 0.3 is 6.03 Å². The zero-order valence-electron chi connectivity index (χ0n) is 7.71. The first-order chi connectivity index (χ1) is 5.68. The minimum Gasteiger partial charge on any atom is -0.335 e. The Kier molecular flexibility index (Phi) is 1.74. The highest BCUT2D eigenvalue weighted by Crippen LogP contribution is 2.51. The third-order valence-electron chi connectivity index (χ3n) is 3.06. The fraction of sp³-hybridized carbons (Fsp3) is 0.889. The number of fused-ring (bicyclic) bond motifs is 1. The molecule has 0 aliphatic heterocycles. The number of nitrogens with zero attached hydrogens (tertiary/aromatic N) is 1. The van der Waals surface area contributed by atoms with Crippen LogP contribution in [0.5, 0.6) is 0 Å². The molecule has 2 saturated carbocycles. The molecule has 0 bridgehead atoms. The summed E-state index contributed by atoms with van der Waals surface area (Å²) in [7, 11) is 3.57. The molecule has 2 rings (SSSR count). The van der Waals surface area contributed by atoms with Crippen molar-refractivity contribution in [3.05, 3.63) is 0 Å². The van der Waals surface area contributed by atoms with Crippen LogP contribution in [0.25, 0.3) is 0 Å². The van der Waals surface area contributed by atoms with Gasteiger partial charge < -0.3 is 10.2 Å². The van der Waals surface area contributed by atoms with Gasteiger partial charge in [0.15, 0.2) is 0 Å². The SMILES string of the molecule is CN(C)C(=O)NC1CCC2CC21. The highest BCUT2D eigenvalue weighted by atomic mass is 16.2. The van der Waals surface area contributed by atoms with Crippen molar-refractivity contribution < 1.29 is 4.79 Å². The number of carbonyl (C=O) groups is 1. The highest BCUT2D eigenvalue weighted by molar-refractivity contribution is 5.74. The standard InChI is InChI=1S/C9H16N2O/c1-11(2)9(12)10-8-4-3-6-5-7(6)8/h6-8H,3-5H2,1-2H3,(H,10,12). The molecule has 0 saturated heterocycles. The molecule has 3 heteroatoms. The van der Waals surface area contributed by atoms with Crippen molar-refractivity contribution in [3.8, 4) is 0 Å². The van der Waals surface area contributed by atoms with Crippen LogP contribution in [-0.2, 0) is 0 Å². The molecular weight excluding hydrogens is 152 g/mol. The Morgan fingerprint density at radius 3 is 2.58 bits per heavy atom. The minimum atomic E-state index is 0.0625. The molecule has 3 atom stereocenters. The van der Waals surface area contributed by atoms with Crippen molar-refractivity contribution in [2.45, 2.75) is 25.3 Å². The lowest BCUT2D eigenvalue weighted by molar-refractivity contribution is 0.212. The zero-order valence-corrected chi connectivity index (χ0v) is 7.71. The van der Waals surface area contributed by atoms with E-state index >= 15 is 0 Å². The van der Waals surface area contributed by atoms with Crippen molar-refractivity contribution >= 4 is 6.03 Å².